The average molecular weight is 451 g/mol. The number of carbonyl (C=O) groups excluding carboxylic acids is 1. The number of hydrogen-bond donors (Lipinski definition) is 0. The number of aryl methyl sites for hydroxylation is 1. The molecule has 178 valence electrons. The van der Waals surface area contributed by atoms with Crippen LogP contribution in [0.15, 0.2) is 55.1 Å². The normalized spacial score (nSPS) is 12.0. The van der Waals surface area contributed by atoms with E-state index in [4.69, 9.17) is 14.2 Å². The first-order valence-corrected chi connectivity index (χ1v) is 11.5. The fourth-order valence-electron chi connectivity index (χ4n) is 3.22. The molecule has 0 unspecified atom stereocenters. The Morgan fingerprint density at radius 1 is 0.939 bits per heavy atom. The summed E-state index contributed by atoms with van der Waals surface area (Å²) in [6, 6.07) is 11.1. The lowest BCUT2D eigenvalue weighted by Crippen LogP contribution is -2.26. The second-order valence-electron chi connectivity index (χ2n) is 9.97. The number of ketones is 1. The molecule has 0 spiro atoms. The minimum atomic E-state index is -0.392. The molecule has 33 heavy (non-hydrogen) atoms. The topological polar surface area (TPSA) is 44.8 Å². The lowest BCUT2D eigenvalue weighted by molar-refractivity contribution is 0.104. The summed E-state index contributed by atoms with van der Waals surface area (Å²) in [4.78, 5) is 12.9. The van der Waals surface area contributed by atoms with Crippen molar-refractivity contribution in [2.75, 3.05) is 6.61 Å². The number of carbonyl (C=O) groups is 1. The Morgan fingerprint density at radius 2 is 1.58 bits per heavy atom. The second kappa shape index (κ2) is 11.2. The van der Waals surface area contributed by atoms with E-state index in [1.54, 1.807) is 36.4 Å². The van der Waals surface area contributed by atoms with Gasteiger partial charge >= 0.3 is 0 Å². The first-order chi connectivity index (χ1) is 15.4. The van der Waals surface area contributed by atoms with Crippen LogP contribution >= 0.6 is 0 Å². The van der Waals surface area contributed by atoms with E-state index < -0.39 is 5.60 Å². The van der Waals surface area contributed by atoms with Gasteiger partial charge in [0.2, 0.25) is 0 Å². The summed E-state index contributed by atoms with van der Waals surface area (Å²) in [7, 11) is 0. The molecule has 2 rings (SSSR count). The lowest BCUT2D eigenvalue weighted by Gasteiger charge is -2.28. The Kier molecular flexibility index (Phi) is 8.92. The molecule has 0 saturated heterocycles. The van der Waals surface area contributed by atoms with Crippen LogP contribution in [0.1, 0.15) is 76.4 Å². The molecule has 0 fully saturated rings. The van der Waals surface area contributed by atoms with Crippen LogP contribution in [-0.4, -0.2) is 23.6 Å². The third-order valence-electron chi connectivity index (χ3n) is 4.49. The van der Waals surface area contributed by atoms with Gasteiger partial charge in [-0.1, -0.05) is 32.1 Å². The van der Waals surface area contributed by atoms with E-state index in [1.165, 1.54) is 0 Å². The molecule has 0 bridgehead atoms. The molecule has 0 saturated carbocycles. The van der Waals surface area contributed by atoms with E-state index in [0.29, 0.717) is 23.7 Å². The summed E-state index contributed by atoms with van der Waals surface area (Å²) in [6.07, 6.45) is 6.94. The van der Waals surface area contributed by atoms with Gasteiger partial charge in [-0.3, -0.25) is 4.79 Å². The van der Waals surface area contributed by atoms with Crippen LogP contribution in [0.5, 0.6) is 17.2 Å². The molecular weight excluding hydrogens is 412 g/mol. The summed E-state index contributed by atoms with van der Waals surface area (Å²) < 4.78 is 18.1. The average Bonchev–Trinajstić information content (AvgIpc) is 2.72. The zero-order valence-electron chi connectivity index (χ0n) is 21.2. The van der Waals surface area contributed by atoms with Gasteiger partial charge in [0.1, 0.15) is 35.1 Å². The van der Waals surface area contributed by atoms with Crippen molar-refractivity contribution in [3.63, 3.8) is 0 Å². The molecule has 2 aromatic carbocycles. The minimum absolute atomic E-state index is 0.102. The predicted molar refractivity (Wildman–Crippen MR) is 137 cm³/mol. The minimum Gasteiger partial charge on any atom is -0.490 e. The molecule has 0 aromatic heterocycles. The van der Waals surface area contributed by atoms with E-state index >= 15 is 0 Å². The summed E-state index contributed by atoms with van der Waals surface area (Å²) in [6.45, 7) is 18.3. The molecule has 4 nitrogen and oxygen atoms in total. The number of benzene rings is 2. The highest BCUT2D eigenvalue weighted by molar-refractivity contribution is 6.07. The standard InChI is InChI=1S/C29H38O4/c1-9-11-22-14-19-26(32-28(3,4)5)24(27(22)33-29(6,7)8)17-18-25(30)21-12-15-23(16-13-21)31-20-10-2/h10,12-19H,2,9,11,20H2,1,3-8H3. The van der Waals surface area contributed by atoms with Crippen molar-refractivity contribution in [2.24, 2.45) is 0 Å². The van der Waals surface area contributed by atoms with Gasteiger partial charge in [0.05, 0.1) is 5.56 Å². The summed E-state index contributed by atoms with van der Waals surface area (Å²) in [5.74, 6) is 2.06. The Balaban J connectivity index is 2.47. The van der Waals surface area contributed by atoms with Crippen molar-refractivity contribution in [2.45, 2.75) is 72.5 Å². The first-order valence-electron chi connectivity index (χ1n) is 11.5. The van der Waals surface area contributed by atoms with Gasteiger partial charge in [-0.2, -0.15) is 0 Å². The predicted octanol–water partition coefficient (Wildman–Crippen LogP) is 7.45. The van der Waals surface area contributed by atoms with Gasteiger partial charge < -0.3 is 14.2 Å². The van der Waals surface area contributed by atoms with E-state index in [9.17, 15) is 4.79 Å². The number of hydrogen-bond acceptors (Lipinski definition) is 4. The fraction of sp³-hybridized carbons (Fsp3) is 0.414. The van der Waals surface area contributed by atoms with E-state index in [1.807, 2.05) is 53.7 Å². The van der Waals surface area contributed by atoms with E-state index in [0.717, 1.165) is 29.7 Å². The third-order valence-corrected chi connectivity index (χ3v) is 4.49. The quantitative estimate of drug-likeness (QED) is 0.214. The van der Waals surface area contributed by atoms with Crippen molar-refractivity contribution in [3.05, 3.63) is 71.8 Å². The fourth-order valence-corrected chi connectivity index (χ4v) is 3.22. The number of allylic oxidation sites excluding steroid dienone is 1. The largest absolute Gasteiger partial charge is 0.490 e. The molecule has 0 radical (unpaired) electrons. The van der Waals surface area contributed by atoms with Crippen LogP contribution in [-0.2, 0) is 6.42 Å². The van der Waals surface area contributed by atoms with Gasteiger partial charge in [-0.15, -0.1) is 0 Å². The SMILES string of the molecule is C=CCOc1ccc(C(=O)C=Cc2c(OC(C)(C)C)ccc(CCC)c2OC(C)(C)C)cc1. The van der Waals surface area contributed by atoms with Crippen LogP contribution < -0.4 is 14.2 Å². The van der Waals surface area contributed by atoms with Crippen LogP contribution in [0, 0.1) is 0 Å². The summed E-state index contributed by atoms with van der Waals surface area (Å²) >= 11 is 0. The second-order valence-corrected chi connectivity index (χ2v) is 9.97. The Hall–Kier alpha value is -3.01. The Morgan fingerprint density at radius 3 is 2.12 bits per heavy atom. The number of ether oxygens (including phenoxy) is 3. The van der Waals surface area contributed by atoms with Crippen LogP contribution in [0.4, 0.5) is 0 Å². The van der Waals surface area contributed by atoms with Crippen LogP contribution in [0.25, 0.3) is 6.08 Å². The molecule has 0 aliphatic heterocycles. The molecule has 0 amide bonds. The maximum atomic E-state index is 12.9. The molecule has 2 aromatic rings. The highest BCUT2D eigenvalue weighted by Crippen LogP contribution is 2.38. The monoisotopic (exact) mass is 450 g/mol. The maximum absolute atomic E-state index is 12.9. The molecule has 0 aliphatic carbocycles. The zero-order valence-corrected chi connectivity index (χ0v) is 21.2. The van der Waals surface area contributed by atoms with E-state index in [-0.39, 0.29) is 11.4 Å². The van der Waals surface area contributed by atoms with Gasteiger partial charge in [0.15, 0.2) is 5.78 Å². The van der Waals surface area contributed by atoms with Gasteiger partial charge in [-0.25, -0.2) is 0 Å². The Bertz CT molecular complexity index is 970. The molecule has 0 heterocycles. The third kappa shape index (κ3) is 8.45. The van der Waals surface area contributed by atoms with Crippen LogP contribution in [0.2, 0.25) is 0 Å². The maximum Gasteiger partial charge on any atom is 0.185 e. The van der Waals surface area contributed by atoms with Crippen molar-refractivity contribution in [3.8, 4) is 17.2 Å². The zero-order chi connectivity index (χ0) is 24.6. The van der Waals surface area contributed by atoms with Crippen molar-refractivity contribution < 1.29 is 19.0 Å². The summed E-state index contributed by atoms with van der Waals surface area (Å²) in [5.41, 5.74) is 1.68. The number of rotatable bonds is 10. The lowest BCUT2D eigenvalue weighted by atomic mass is 10.0. The first kappa shape index (κ1) is 26.2. The van der Waals surface area contributed by atoms with E-state index in [2.05, 4.69) is 19.6 Å². The van der Waals surface area contributed by atoms with Gasteiger partial charge in [0.25, 0.3) is 0 Å². The van der Waals surface area contributed by atoms with Crippen LogP contribution in [0.3, 0.4) is 0 Å². The molecule has 0 atom stereocenters. The molecule has 0 N–H and O–H groups in total. The Labute approximate surface area is 199 Å². The highest BCUT2D eigenvalue weighted by atomic mass is 16.5. The van der Waals surface area contributed by atoms with Crippen molar-refractivity contribution in [1.29, 1.82) is 0 Å². The molecular formula is C29H38O4. The smallest absolute Gasteiger partial charge is 0.185 e. The van der Waals surface area contributed by atoms with Gasteiger partial charge in [0, 0.05) is 5.56 Å². The van der Waals surface area contributed by atoms with Gasteiger partial charge in [-0.05, 0) is 96.0 Å². The highest BCUT2D eigenvalue weighted by Gasteiger charge is 2.22. The summed E-state index contributed by atoms with van der Waals surface area (Å²) in [5, 5.41) is 0. The molecule has 0 aliphatic rings. The molecule has 4 heteroatoms. The van der Waals surface area contributed by atoms with Crippen molar-refractivity contribution in [1.82, 2.24) is 0 Å². The van der Waals surface area contributed by atoms with Crippen molar-refractivity contribution >= 4 is 11.9 Å².